The minimum Gasteiger partial charge on any atom is -0.384 e. The van der Waals surface area contributed by atoms with Crippen molar-refractivity contribution in [2.45, 2.75) is 49.5 Å². The summed E-state index contributed by atoms with van der Waals surface area (Å²) in [5.74, 6) is -0.168. The number of carbonyl (C=O) groups is 1. The van der Waals surface area contributed by atoms with Crippen LogP contribution >= 0.6 is 11.3 Å². The van der Waals surface area contributed by atoms with Crippen LogP contribution in [0.1, 0.15) is 36.3 Å². The zero-order valence-corrected chi connectivity index (χ0v) is 18.9. The number of anilines is 1. The van der Waals surface area contributed by atoms with Gasteiger partial charge in [0, 0.05) is 25.3 Å². The number of hydrogen-bond acceptors (Lipinski definition) is 8. The number of alkyl halides is 3. The summed E-state index contributed by atoms with van der Waals surface area (Å²) in [5, 5.41) is 23.1. The molecule has 0 atom stereocenters. The molecule has 0 unspecified atom stereocenters. The number of aromatic nitrogens is 4. The normalized spacial score (nSPS) is 24.2. The molecular formula is C21H24F3N7O2S. The lowest BCUT2D eigenvalue weighted by Crippen LogP contribution is -2.63. The smallest absolute Gasteiger partial charge is 0.384 e. The molecular weight excluding hydrogens is 471 g/mol. The molecule has 13 heteroatoms. The van der Waals surface area contributed by atoms with Crippen LogP contribution in [-0.4, -0.2) is 67.8 Å². The van der Waals surface area contributed by atoms with Crippen LogP contribution in [0.15, 0.2) is 23.8 Å². The molecule has 5 rings (SSSR count). The lowest BCUT2D eigenvalue weighted by Gasteiger charge is -2.48. The first kappa shape index (κ1) is 23.0. The molecule has 1 amide bonds. The fraction of sp³-hybridized carbons (Fsp3) is 0.524. The third kappa shape index (κ3) is 4.59. The van der Waals surface area contributed by atoms with Crippen molar-refractivity contribution >= 4 is 34.1 Å². The second-order valence-corrected chi connectivity index (χ2v) is 9.75. The monoisotopic (exact) mass is 495 g/mol. The van der Waals surface area contributed by atoms with Gasteiger partial charge in [-0.15, -0.1) is 11.3 Å². The number of fused-ring (bicyclic) bond motifs is 1. The van der Waals surface area contributed by atoms with Crippen LogP contribution in [0.4, 0.5) is 19.0 Å². The van der Waals surface area contributed by atoms with Gasteiger partial charge in [0.1, 0.15) is 16.8 Å². The number of thiazole rings is 1. The van der Waals surface area contributed by atoms with E-state index in [4.69, 9.17) is 0 Å². The molecule has 1 saturated carbocycles. The Morgan fingerprint density at radius 3 is 2.74 bits per heavy atom. The Balaban J connectivity index is 1.08. The first-order valence-corrected chi connectivity index (χ1v) is 11.9. The number of hydrogen-bond donors (Lipinski definition) is 4. The molecule has 4 heterocycles. The van der Waals surface area contributed by atoms with Crippen molar-refractivity contribution in [1.82, 2.24) is 30.4 Å². The van der Waals surface area contributed by atoms with Gasteiger partial charge < -0.3 is 15.7 Å². The van der Waals surface area contributed by atoms with Gasteiger partial charge in [-0.3, -0.25) is 19.8 Å². The molecule has 1 aliphatic heterocycles. The van der Waals surface area contributed by atoms with Crippen LogP contribution in [-0.2, 0) is 16.6 Å². The topological polar surface area (TPSA) is 119 Å². The standard InChI is InChI=1S/C21H24F3N7O2S/c22-21(23,24)15-2-1-14-18(28-15)19(30-29-14)26-8-17(32)27-12-9-31(10-12)13-3-5-20(33,6-4-13)16-7-25-11-34-16/h1-2,7,11-13,33H,3-6,8-10H2,(H,27,32)(H2,26,29,30)/t13-,20+. The van der Waals surface area contributed by atoms with E-state index < -0.39 is 17.5 Å². The maximum Gasteiger partial charge on any atom is 0.433 e. The van der Waals surface area contributed by atoms with Crippen molar-refractivity contribution in [2.75, 3.05) is 25.0 Å². The van der Waals surface area contributed by atoms with Crippen molar-refractivity contribution in [1.29, 1.82) is 0 Å². The molecule has 0 radical (unpaired) electrons. The molecule has 3 aromatic rings. The molecule has 1 aliphatic carbocycles. The number of amides is 1. The summed E-state index contributed by atoms with van der Waals surface area (Å²) < 4.78 is 38.8. The number of nitrogens with one attached hydrogen (secondary N) is 3. The van der Waals surface area contributed by atoms with Gasteiger partial charge in [0.05, 0.1) is 28.5 Å². The van der Waals surface area contributed by atoms with Crippen molar-refractivity contribution in [3.8, 4) is 0 Å². The highest BCUT2D eigenvalue weighted by atomic mass is 32.1. The van der Waals surface area contributed by atoms with Crippen LogP contribution in [0.25, 0.3) is 11.0 Å². The molecule has 0 aromatic carbocycles. The molecule has 2 aliphatic rings. The van der Waals surface area contributed by atoms with Gasteiger partial charge in [-0.1, -0.05) is 0 Å². The van der Waals surface area contributed by atoms with Crippen molar-refractivity contribution in [2.24, 2.45) is 0 Å². The number of rotatable bonds is 6. The number of pyridine rings is 1. The summed E-state index contributed by atoms with van der Waals surface area (Å²) >= 11 is 1.48. The average Bonchev–Trinajstić information content (AvgIpc) is 3.45. The highest BCUT2D eigenvalue weighted by Gasteiger charge is 2.41. The van der Waals surface area contributed by atoms with Gasteiger partial charge in [-0.05, 0) is 37.8 Å². The van der Waals surface area contributed by atoms with Crippen LogP contribution in [0.3, 0.4) is 0 Å². The van der Waals surface area contributed by atoms with Gasteiger partial charge in [-0.25, -0.2) is 4.98 Å². The van der Waals surface area contributed by atoms with Gasteiger partial charge in [0.15, 0.2) is 5.82 Å². The number of aromatic amines is 1. The van der Waals surface area contributed by atoms with Crippen molar-refractivity contribution in [3.63, 3.8) is 0 Å². The predicted octanol–water partition coefficient (Wildman–Crippen LogP) is 2.48. The second kappa shape index (κ2) is 8.78. The van der Waals surface area contributed by atoms with Gasteiger partial charge in [0.25, 0.3) is 0 Å². The van der Waals surface area contributed by atoms with E-state index in [1.807, 2.05) is 0 Å². The van der Waals surface area contributed by atoms with E-state index in [9.17, 15) is 23.1 Å². The Labute approximate surface area is 196 Å². The Bertz CT molecular complexity index is 1150. The Morgan fingerprint density at radius 1 is 1.29 bits per heavy atom. The number of nitrogens with zero attached hydrogens (tertiary/aromatic N) is 4. The molecule has 9 nitrogen and oxygen atoms in total. The number of likely N-dealkylation sites (tertiary alicyclic amines) is 1. The summed E-state index contributed by atoms with van der Waals surface area (Å²) in [5.41, 5.74) is 0.320. The molecule has 1 saturated heterocycles. The summed E-state index contributed by atoms with van der Waals surface area (Å²) in [6.45, 7) is 1.34. The molecule has 34 heavy (non-hydrogen) atoms. The predicted molar refractivity (Wildman–Crippen MR) is 119 cm³/mol. The summed E-state index contributed by atoms with van der Waals surface area (Å²) in [6.07, 6.45) is 0.337. The number of aliphatic hydroxyl groups is 1. The number of H-pyrrole nitrogens is 1. The van der Waals surface area contributed by atoms with E-state index in [2.05, 4.69) is 35.7 Å². The molecule has 4 N–H and O–H groups in total. The molecule has 3 aromatic heterocycles. The van der Waals surface area contributed by atoms with E-state index in [1.165, 1.54) is 17.4 Å². The maximum absolute atomic E-state index is 12.9. The minimum absolute atomic E-state index is 0.0162. The number of halogens is 3. The molecule has 182 valence electrons. The van der Waals surface area contributed by atoms with E-state index in [1.54, 1.807) is 11.7 Å². The van der Waals surface area contributed by atoms with E-state index in [0.717, 1.165) is 36.9 Å². The molecule has 2 fully saturated rings. The van der Waals surface area contributed by atoms with Crippen molar-refractivity contribution < 1.29 is 23.1 Å². The van der Waals surface area contributed by atoms with Gasteiger partial charge in [0.2, 0.25) is 5.91 Å². The molecule has 0 bridgehead atoms. The quantitative estimate of drug-likeness (QED) is 0.415. The maximum atomic E-state index is 12.9. The lowest BCUT2D eigenvalue weighted by atomic mass is 9.80. The Morgan fingerprint density at radius 2 is 2.06 bits per heavy atom. The summed E-state index contributed by atoms with van der Waals surface area (Å²) in [4.78, 5) is 23.3. The largest absolute Gasteiger partial charge is 0.433 e. The minimum atomic E-state index is -4.56. The van der Waals surface area contributed by atoms with Crippen molar-refractivity contribution in [3.05, 3.63) is 34.4 Å². The first-order valence-electron chi connectivity index (χ1n) is 11.0. The van der Waals surface area contributed by atoms with E-state index >= 15 is 0 Å². The van der Waals surface area contributed by atoms with Crippen LogP contribution < -0.4 is 10.6 Å². The summed E-state index contributed by atoms with van der Waals surface area (Å²) in [6, 6.07) is 2.53. The zero-order chi connectivity index (χ0) is 23.9. The van der Waals surface area contributed by atoms with Gasteiger partial charge >= 0.3 is 6.18 Å². The van der Waals surface area contributed by atoms with Crippen LogP contribution in [0.5, 0.6) is 0 Å². The van der Waals surface area contributed by atoms with E-state index in [0.29, 0.717) is 24.4 Å². The fourth-order valence-corrected chi connectivity index (χ4v) is 5.44. The SMILES string of the molecule is O=C(CNc1n[nH]c2ccc(C(F)(F)F)nc12)NC1CN([C@H]2CC[C@](O)(c3cncs3)CC2)C1. The summed E-state index contributed by atoms with van der Waals surface area (Å²) in [7, 11) is 0. The third-order valence-corrected chi connectivity index (χ3v) is 7.55. The first-order chi connectivity index (χ1) is 16.2. The second-order valence-electron chi connectivity index (χ2n) is 8.86. The Kier molecular flexibility index (Phi) is 5.94. The lowest BCUT2D eigenvalue weighted by molar-refractivity contribution is -0.141. The highest BCUT2D eigenvalue weighted by molar-refractivity contribution is 7.09. The number of carbonyl (C=O) groups excluding carboxylic acids is 1. The average molecular weight is 496 g/mol. The fourth-order valence-electron chi connectivity index (χ4n) is 4.66. The van der Waals surface area contributed by atoms with Crippen LogP contribution in [0.2, 0.25) is 0 Å². The molecule has 0 spiro atoms. The highest BCUT2D eigenvalue weighted by Crippen LogP contribution is 2.40. The zero-order valence-electron chi connectivity index (χ0n) is 18.1. The van der Waals surface area contributed by atoms with Gasteiger partial charge in [-0.2, -0.15) is 18.3 Å². The van der Waals surface area contributed by atoms with Crippen LogP contribution in [0, 0.1) is 0 Å². The van der Waals surface area contributed by atoms with E-state index in [-0.39, 0.29) is 29.8 Å². The third-order valence-electron chi connectivity index (χ3n) is 6.58. The Hall–Kier alpha value is -2.77.